The fourth-order valence-electron chi connectivity index (χ4n) is 2.92. The van der Waals surface area contributed by atoms with Crippen molar-refractivity contribution in [3.63, 3.8) is 0 Å². The molecule has 1 aromatic heterocycles. The van der Waals surface area contributed by atoms with Gasteiger partial charge in [-0.3, -0.25) is 10.1 Å². The zero-order valence-corrected chi connectivity index (χ0v) is 13.7. The predicted octanol–water partition coefficient (Wildman–Crippen LogP) is 4.35. The number of aromatic amines is 1. The molecule has 5 heteroatoms. The largest absolute Gasteiger partial charge is 0.324 e. The van der Waals surface area contributed by atoms with E-state index in [4.69, 9.17) is 0 Å². The van der Waals surface area contributed by atoms with Crippen molar-refractivity contribution in [1.29, 1.82) is 5.26 Å². The molecule has 0 spiro atoms. The molecular weight excluding hydrogens is 324 g/mol. The number of aromatic nitrogens is 2. The van der Waals surface area contributed by atoms with E-state index in [1.54, 1.807) is 24.3 Å². The lowest BCUT2D eigenvalue weighted by Crippen LogP contribution is -2.14. The van der Waals surface area contributed by atoms with Crippen molar-refractivity contribution < 1.29 is 4.79 Å². The summed E-state index contributed by atoms with van der Waals surface area (Å²) < 4.78 is 0. The van der Waals surface area contributed by atoms with Crippen LogP contribution in [0.2, 0.25) is 0 Å². The lowest BCUT2D eigenvalue weighted by molar-refractivity contribution is 0.102. The number of carbonyl (C=O) groups is 1. The highest BCUT2D eigenvalue weighted by Crippen LogP contribution is 2.27. The van der Waals surface area contributed by atoms with Crippen molar-refractivity contribution in [2.45, 2.75) is 0 Å². The molecule has 1 amide bonds. The number of benzene rings is 3. The summed E-state index contributed by atoms with van der Waals surface area (Å²) in [6.07, 6.45) is 0. The van der Waals surface area contributed by atoms with E-state index in [2.05, 4.69) is 21.4 Å². The van der Waals surface area contributed by atoms with Crippen LogP contribution in [0.5, 0.6) is 0 Å². The van der Waals surface area contributed by atoms with E-state index in [1.807, 2.05) is 48.5 Å². The third-order valence-electron chi connectivity index (χ3n) is 4.13. The average molecular weight is 338 g/mol. The van der Waals surface area contributed by atoms with Crippen LogP contribution in [0, 0.1) is 11.3 Å². The Kier molecular flexibility index (Phi) is 3.92. The summed E-state index contributed by atoms with van der Waals surface area (Å²) in [4.78, 5) is 20.3. The first-order valence-corrected chi connectivity index (χ1v) is 8.11. The second-order valence-corrected chi connectivity index (χ2v) is 5.76. The van der Waals surface area contributed by atoms with E-state index >= 15 is 0 Å². The van der Waals surface area contributed by atoms with Crippen LogP contribution in [-0.4, -0.2) is 15.9 Å². The van der Waals surface area contributed by atoms with Gasteiger partial charge < -0.3 is 4.98 Å². The number of rotatable bonds is 3. The van der Waals surface area contributed by atoms with Crippen molar-refractivity contribution in [3.05, 3.63) is 83.9 Å². The van der Waals surface area contributed by atoms with Crippen LogP contribution >= 0.6 is 0 Å². The van der Waals surface area contributed by atoms with Crippen LogP contribution in [0.15, 0.2) is 72.8 Å². The number of hydrogen-bond donors (Lipinski definition) is 2. The molecule has 0 fully saturated rings. The fourth-order valence-corrected chi connectivity index (χ4v) is 2.92. The van der Waals surface area contributed by atoms with Gasteiger partial charge in [-0.15, -0.1) is 0 Å². The van der Waals surface area contributed by atoms with Gasteiger partial charge in [-0.2, -0.15) is 5.26 Å². The second-order valence-electron chi connectivity index (χ2n) is 5.76. The summed E-state index contributed by atoms with van der Waals surface area (Å²) >= 11 is 0. The Morgan fingerprint density at radius 1 is 0.923 bits per heavy atom. The van der Waals surface area contributed by atoms with Crippen molar-refractivity contribution in [3.8, 4) is 17.2 Å². The summed E-state index contributed by atoms with van der Waals surface area (Å²) in [6, 6.07) is 24.2. The molecular formula is C21H14N4O. The second kappa shape index (κ2) is 6.54. The Balaban J connectivity index is 1.72. The minimum Gasteiger partial charge on any atom is -0.324 e. The molecule has 124 valence electrons. The number of nitriles is 1. The summed E-state index contributed by atoms with van der Waals surface area (Å²) in [7, 11) is 0. The third kappa shape index (κ3) is 2.80. The van der Waals surface area contributed by atoms with Crippen LogP contribution in [0.25, 0.3) is 22.2 Å². The molecule has 4 aromatic rings. The maximum absolute atomic E-state index is 12.8. The van der Waals surface area contributed by atoms with E-state index in [1.165, 1.54) is 0 Å². The van der Waals surface area contributed by atoms with Crippen LogP contribution in [-0.2, 0) is 0 Å². The van der Waals surface area contributed by atoms with Gasteiger partial charge in [0.1, 0.15) is 0 Å². The minimum atomic E-state index is -0.285. The summed E-state index contributed by atoms with van der Waals surface area (Å²) in [5.74, 6) is 0.104. The topological polar surface area (TPSA) is 81.6 Å². The van der Waals surface area contributed by atoms with Crippen molar-refractivity contribution in [1.82, 2.24) is 9.97 Å². The van der Waals surface area contributed by atoms with Crippen molar-refractivity contribution in [2.24, 2.45) is 0 Å². The quantitative estimate of drug-likeness (QED) is 0.582. The van der Waals surface area contributed by atoms with Crippen LogP contribution in [0.3, 0.4) is 0 Å². The number of amides is 1. The van der Waals surface area contributed by atoms with Gasteiger partial charge in [-0.1, -0.05) is 48.5 Å². The number of nitrogens with one attached hydrogen (secondary N) is 2. The summed E-state index contributed by atoms with van der Waals surface area (Å²) in [5.41, 5.74) is 4.08. The maximum Gasteiger partial charge on any atom is 0.258 e. The maximum atomic E-state index is 12.8. The fraction of sp³-hybridized carbons (Fsp3) is 0. The van der Waals surface area contributed by atoms with E-state index < -0.39 is 0 Å². The van der Waals surface area contributed by atoms with Gasteiger partial charge in [0.15, 0.2) is 0 Å². The number of fused-ring (bicyclic) bond motifs is 1. The standard InChI is InChI=1S/C21H14N4O/c22-13-14-7-1-2-8-15(14)16-9-3-4-10-17(16)20(26)25-21-23-18-11-5-6-12-19(18)24-21/h1-12H,(H2,23,24,25,26). The molecule has 0 aliphatic carbocycles. The molecule has 2 N–H and O–H groups in total. The number of anilines is 1. The van der Waals surface area contributed by atoms with E-state index in [0.29, 0.717) is 22.6 Å². The Morgan fingerprint density at radius 2 is 1.62 bits per heavy atom. The first kappa shape index (κ1) is 15.6. The highest BCUT2D eigenvalue weighted by molar-refractivity contribution is 6.08. The zero-order chi connectivity index (χ0) is 17.9. The van der Waals surface area contributed by atoms with Crippen molar-refractivity contribution in [2.75, 3.05) is 5.32 Å². The van der Waals surface area contributed by atoms with Gasteiger partial charge in [0.2, 0.25) is 5.95 Å². The molecule has 5 nitrogen and oxygen atoms in total. The summed E-state index contributed by atoms with van der Waals surface area (Å²) in [6.45, 7) is 0. The summed E-state index contributed by atoms with van der Waals surface area (Å²) in [5, 5.41) is 12.2. The minimum absolute atomic E-state index is 0.285. The van der Waals surface area contributed by atoms with Gasteiger partial charge in [-0.25, -0.2) is 4.98 Å². The Morgan fingerprint density at radius 3 is 2.42 bits per heavy atom. The molecule has 0 atom stereocenters. The van der Waals surface area contributed by atoms with Gasteiger partial charge in [0, 0.05) is 11.1 Å². The normalized spacial score (nSPS) is 10.4. The van der Waals surface area contributed by atoms with Gasteiger partial charge in [-0.05, 0) is 29.8 Å². The number of imidazole rings is 1. The molecule has 0 aliphatic rings. The third-order valence-corrected chi connectivity index (χ3v) is 4.13. The lowest BCUT2D eigenvalue weighted by Gasteiger charge is -2.10. The first-order valence-electron chi connectivity index (χ1n) is 8.11. The number of hydrogen-bond acceptors (Lipinski definition) is 3. The highest BCUT2D eigenvalue weighted by atomic mass is 16.1. The van der Waals surface area contributed by atoms with Crippen LogP contribution in [0.4, 0.5) is 5.95 Å². The van der Waals surface area contributed by atoms with E-state index in [9.17, 15) is 10.1 Å². The smallest absolute Gasteiger partial charge is 0.258 e. The Bertz CT molecular complexity index is 1120. The van der Waals surface area contributed by atoms with E-state index in [0.717, 1.165) is 16.6 Å². The monoisotopic (exact) mass is 338 g/mol. The van der Waals surface area contributed by atoms with Crippen LogP contribution in [0.1, 0.15) is 15.9 Å². The molecule has 4 rings (SSSR count). The molecule has 3 aromatic carbocycles. The van der Waals surface area contributed by atoms with Crippen LogP contribution < -0.4 is 5.32 Å². The number of carbonyl (C=O) groups excluding carboxylic acids is 1. The van der Waals surface area contributed by atoms with Gasteiger partial charge >= 0.3 is 0 Å². The number of para-hydroxylation sites is 2. The number of H-pyrrole nitrogens is 1. The van der Waals surface area contributed by atoms with E-state index in [-0.39, 0.29) is 5.91 Å². The Hall–Kier alpha value is -3.91. The number of nitrogens with zero attached hydrogens (tertiary/aromatic N) is 2. The molecule has 0 saturated heterocycles. The average Bonchev–Trinajstić information content (AvgIpc) is 3.10. The van der Waals surface area contributed by atoms with Gasteiger partial charge in [0.05, 0.1) is 22.7 Å². The highest BCUT2D eigenvalue weighted by Gasteiger charge is 2.16. The first-order chi connectivity index (χ1) is 12.8. The molecule has 26 heavy (non-hydrogen) atoms. The zero-order valence-electron chi connectivity index (χ0n) is 13.7. The predicted molar refractivity (Wildman–Crippen MR) is 101 cm³/mol. The lowest BCUT2D eigenvalue weighted by atomic mass is 9.95. The SMILES string of the molecule is N#Cc1ccccc1-c1ccccc1C(=O)Nc1nc2ccccc2[nH]1. The van der Waals surface area contributed by atoms with Gasteiger partial charge in [0.25, 0.3) is 5.91 Å². The van der Waals surface area contributed by atoms with Crippen molar-refractivity contribution >= 4 is 22.9 Å². The molecule has 0 aliphatic heterocycles. The molecule has 0 radical (unpaired) electrons. The molecule has 0 unspecified atom stereocenters. The molecule has 0 saturated carbocycles. The molecule has 0 bridgehead atoms. The molecule has 1 heterocycles. The Labute approximate surface area is 149 Å².